The normalized spacial score (nSPS) is 15.8. The Hall–Kier alpha value is -3.02. The fourth-order valence-electron chi connectivity index (χ4n) is 2.94. The summed E-state index contributed by atoms with van der Waals surface area (Å²) >= 11 is 0. The Labute approximate surface area is 152 Å². The van der Waals surface area contributed by atoms with Crippen LogP contribution in [-0.4, -0.2) is 31.6 Å². The minimum atomic E-state index is -0.563. The molecule has 0 bridgehead atoms. The van der Waals surface area contributed by atoms with Gasteiger partial charge in [0.2, 0.25) is 5.91 Å². The van der Waals surface area contributed by atoms with E-state index in [-0.39, 0.29) is 18.4 Å². The van der Waals surface area contributed by atoms with E-state index in [0.29, 0.717) is 30.2 Å². The first kappa shape index (κ1) is 17.8. The Morgan fingerprint density at radius 1 is 1.19 bits per heavy atom. The van der Waals surface area contributed by atoms with Gasteiger partial charge in [-0.05, 0) is 24.6 Å². The Bertz CT molecular complexity index is 806. The summed E-state index contributed by atoms with van der Waals surface area (Å²) in [6.45, 7) is 2.17. The highest BCUT2D eigenvalue weighted by atomic mass is 16.5. The van der Waals surface area contributed by atoms with Crippen molar-refractivity contribution in [1.82, 2.24) is 5.32 Å². The smallest absolute Gasteiger partial charge is 0.268 e. The zero-order chi connectivity index (χ0) is 18.5. The molecule has 1 aliphatic heterocycles. The van der Waals surface area contributed by atoms with Crippen molar-refractivity contribution in [2.45, 2.75) is 26.0 Å². The lowest BCUT2D eigenvalue weighted by atomic mass is 10.1. The number of para-hydroxylation sites is 3. The summed E-state index contributed by atoms with van der Waals surface area (Å²) in [5, 5.41) is 2.85. The number of anilines is 1. The van der Waals surface area contributed by atoms with E-state index in [1.165, 1.54) is 4.90 Å². The minimum absolute atomic E-state index is 0.0507. The van der Waals surface area contributed by atoms with Gasteiger partial charge in [0.15, 0.2) is 6.10 Å². The molecule has 1 N–H and O–H groups in total. The molecule has 3 rings (SSSR count). The van der Waals surface area contributed by atoms with E-state index in [4.69, 9.17) is 9.47 Å². The minimum Gasteiger partial charge on any atom is -0.496 e. The Morgan fingerprint density at radius 2 is 1.92 bits per heavy atom. The maximum Gasteiger partial charge on any atom is 0.268 e. The first-order valence-electron chi connectivity index (χ1n) is 8.59. The van der Waals surface area contributed by atoms with Gasteiger partial charge in [-0.1, -0.05) is 37.3 Å². The molecule has 0 unspecified atom stereocenters. The molecule has 6 heteroatoms. The number of ether oxygens (including phenoxy) is 2. The maximum atomic E-state index is 12.6. The number of benzene rings is 2. The fraction of sp³-hybridized carbons (Fsp3) is 0.300. The van der Waals surface area contributed by atoms with Crippen LogP contribution in [0.1, 0.15) is 18.9 Å². The molecule has 2 aromatic carbocycles. The summed E-state index contributed by atoms with van der Waals surface area (Å²) in [5.74, 6) is 0.901. The molecule has 2 amide bonds. The lowest BCUT2D eigenvalue weighted by Gasteiger charge is -2.33. The summed E-state index contributed by atoms with van der Waals surface area (Å²) < 4.78 is 11.0. The average Bonchev–Trinajstić information content (AvgIpc) is 2.68. The molecular formula is C20H22N2O4. The van der Waals surface area contributed by atoms with Crippen LogP contribution in [0.2, 0.25) is 0 Å². The molecule has 136 valence electrons. The number of fused-ring (bicyclic) bond motifs is 1. The average molecular weight is 354 g/mol. The third kappa shape index (κ3) is 3.64. The van der Waals surface area contributed by atoms with Gasteiger partial charge in [0.1, 0.15) is 18.0 Å². The van der Waals surface area contributed by atoms with Crippen LogP contribution < -0.4 is 19.7 Å². The highest BCUT2D eigenvalue weighted by Gasteiger charge is 2.34. The standard InChI is InChI=1S/C20H22N2O4/c1-3-16-20(24)22(15-9-5-7-11-18(15)26-16)13-19(23)21-12-14-8-4-6-10-17(14)25-2/h4-11,16H,3,12-13H2,1-2H3,(H,21,23)/t16-/m1/s1. The van der Waals surface area contributed by atoms with Crippen molar-refractivity contribution in [2.75, 3.05) is 18.6 Å². The number of nitrogens with zero attached hydrogens (tertiary/aromatic N) is 1. The van der Waals surface area contributed by atoms with Gasteiger partial charge >= 0.3 is 0 Å². The number of carbonyl (C=O) groups is 2. The van der Waals surface area contributed by atoms with Gasteiger partial charge in [-0.3, -0.25) is 14.5 Å². The Kier molecular flexibility index (Phi) is 5.41. The molecular weight excluding hydrogens is 332 g/mol. The molecule has 0 saturated carbocycles. The fourth-order valence-corrected chi connectivity index (χ4v) is 2.94. The highest BCUT2D eigenvalue weighted by Crippen LogP contribution is 2.34. The van der Waals surface area contributed by atoms with E-state index < -0.39 is 6.10 Å². The van der Waals surface area contributed by atoms with E-state index >= 15 is 0 Å². The topological polar surface area (TPSA) is 67.9 Å². The summed E-state index contributed by atoms with van der Waals surface area (Å²) in [4.78, 5) is 26.6. The first-order chi connectivity index (χ1) is 12.6. The van der Waals surface area contributed by atoms with Crippen LogP contribution in [0.15, 0.2) is 48.5 Å². The molecule has 1 atom stereocenters. The largest absolute Gasteiger partial charge is 0.496 e. The van der Waals surface area contributed by atoms with Crippen LogP contribution in [-0.2, 0) is 16.1 Å². The molecule has 6 nitrogen and oxygen atoms in total. The van der Waals surface area contributed by atoms with E-state index in [0.717, 1.165) is 5.56 Å². The molecule has 2 aromatic rings. The molecule has 26 heavy (non-hydrogen) atoms. The SMILES string of the molecule is CC[C@H]1Oc2ccccc2N(CC(=O)NCc2ccccc2OC)C1=O. The monoisotopic (exact) mass is 354 g/mol. The third-order valence-electron chi connectivity index (χ3n) is 4.31. The van der Waals surface area contributed by atoms with Crippen LogP contribution in [0.3, 0.4) is 0 Å². The Balaban J connectivity index is 1.71. The summed E-state index contributed by atoms with van der Waals surface area (Å²) in [5.41, 5.74) is 1.50. The van der Waals surface area contributed by atoms with E-state index in [9.17, 15) is 9.59 Å². The molecule has 0 fully saturated rings. The van der Waals surface area contributed by atoms with Crippen molar-refractivity contribution in [3.63, 3.8) is 0 Å². The molecule has 1 aliphatic rings. The van der Waals surface area contributed by atoms with Gasteiger partial charge in [0.25, 0.3) is 5.91 Å². The molecule has 1 heterocycles. The maximum absolute atomic E-state index is 12.6. The zero-order valence-corrected chi connectivity index (χ0v) is 14.9. The van der Waals surface area contributed by atoms with Gasteiger partial charge < -0.3 is 14.8 Å². The van der Waals surface area contributed by atoms with E-state index in [2.05, 4.69) is 5.32 Å². The van der Waals surface area contributed by atoms with Crippen molar-refractivity contribution in [2.24, 2.45) is 0 Å². The first-order valence-corrected chi connectivity index (χ1v) is 8.59. The zero-order valence-electron chi connectivity index (χ0n) is 14.9. The molecule has 0 saturated heterocycles. The van der Waals surface area contributed by atoms with Gasteiger partial charge in [0, 0.05) is 12.1 Å². The number of hydrogen-bond acceptors (Lipinski definition) is 4. The van der Waals surface area contributed by atoms with E-state index in [1.54, 1.807) is 13.2 Å². The van der Waals surface area contributed by atoms with Crippen LogP contribution in [0.25, 0.3) is 0 Å². The summed E-state index contributed by atoms with van der Waals surface area (Å²) in [7, 11) is 1.59. The van der Waals surface area contributed by atoms with Gasteiger partial charge in [-0.15, -0.1) is 0 Å². The second-order valence-corrected chi connectivity index (χ2v) is 6.00. The molecule has 0 aromatic heterocycles. The van der Waals surface area contributed by atoms with Gasteiger partial charge in [0.05, 0.1) is 12.8 Å². The van der Waals surface area contributed by atoms with Gasteiger partial charge in [-0.2, -0.15) is 0 Å². The van der Waals surface area contributed by atoms with Crippen LogP contribution in [0.4, 0.5) is 5.69 Å². The summed E-state index contributed by atoms with van der Waals surface area (Å²) in [6, 6.07) is 14.8. The highest BCUT2D eigenvalue weighted by molar-refractivity contribution is 6.03. The van der Waals surface area contributed by atoms with Gasteiger partial charge in [-0.25, -0.2) is 0 Å². The van der Waals surface area contributed by atoms with E-state index in [1.807, 2.05) is 49.4 Å². The quantitative estimate of drug-likeness (QED) is 0.866. The van der Waals surface area contributed by atoms with Crippen molar-refractivity contribution in [3.05, 3.63) is 54.1 Å². The second kappa shape index (κ2) is 7.91. The van der Waals surface area contributed by atoms with Crippen LogP contribution in [0.5, 0.6) is 11.5 Å². The second-order valence-electron chi connectivity index (χ2n) is 6.00. The number of amides is 2. The number of methoxy groups -OCH3 is 1. The predicted molar refractivity (Wildman–Crippen MR) is 98.3 cm³/mol. The molecule has 0 aliphatic carbocycles. The number of nitrogens with one attached hydrogen (secondary N) is 1. The third-order valence-corrected chi connectivity index (χ3v) is 4.31. The molecule has 0 radical (unpaired) electrons. The van der Waals surface area contributed by atoms with Crippen LogP contribution in [0, 0.1) is 0 Å². The van der Waals surface area contributed by atoms with Crippen LogP contribution >= 0.6 is 0 Å². The molecule has 0 spiro atoms. The number of rotatable bonds is 6. The lowest BCUT2D eigenvalue weighted by Crippen LogP contribution is -2.49. The Morgan fingerprint density at radius 3 is 2.69 bits per heavy atom. The lowest BCUT2D eigenvalue weighted by molar-refractivity contribution is -0.129. The number of hydrogen-bond donors (Lipinski definition) is 1. The predicted octanol–water partition coefficient (Wildman–Crippen LogP) is 2.52. The number of carbonyl (C=O) groups excluding carboxylic acids is 2. The summed E-state index contributed by atoms with van der Waals surface area (Å²) in [6.07, 6.45) is -0.0149. The van der Waals surface area contributed by atoms with Crippen molar-refractivity contribution >= 4 is 17.5 Å². The van der Waals surface area contributed by atoms with Crippen molar-refractivity contribution in [3.8, 4) is 11.5 Å². The van der Waals surface area contributed by atoms with Crippen molar-refractivity contribution < 1.29 is 19.1 Å². The van der Waals surface area contributed by atoms with Crippen molar-refractivity contribution in [1.29, 1.82) is 0 Å².